The molecule has 3 amide bonds. The van der Waals surface area contributed by atoms with E-state index in [0.29, 0.717) is 22.8 Å². The number of carbonyl (C=O) groups excluding carboxylic acids is 3. The number of benzene rings is 3. The van der Waals surface area contributed by atoms with Gasteiger partial charge in [0.05, 0.1) is 17.2 Å². The highest BCUT2D eigenvalue weighted by Crippen LogP contribution is 2.35. The third kappa shape index (κ3) is 4.52. The van der Waals surface area contributed by atoms with Gasteiger partial charge in [-0.2, -0.15) is 0 Å². The molecular weight excluding hydrogens is 490 g/mol. The topological polar surface area (TPSA) is 106 Å². The van der Waals surface area contributed by atoms with Crippen LogP contribution in [0.25, 0.3) is 22.6 Å². The Morgan fingerprint density at radius 3 is 2.46 bits per heavy atom. The maximum atomic E-state index is 13.1. The number of furan rings is 1. The van der Waals surface area contributed by atoms with Crippen molar-refractivity contribution in [3.8, 4) is 11.5 Å². The van der Waals surface area contributed by atoms with Crippen LogP contribution in [0.1, 0.15) is 17.0 Å². The van der Waals surface area contributed by atoms with Gasteiger partial charge in [-0.1, -0.05) is 12.1 Å². The van der Waals surface area contributed by atoms with Crippen LogP contribution in [0.15, 0.2) is 105 Å². The zero-order chi connectivity index (χ0) is 25.4. The Morgan fingerprint density at radius 2 is 1.73 bits per heavy atom. The van der Waals surface area contributed by atoms with E-state index in [0.717, 1.165) is 16.0 Å². The van der Waals surface area contributed by atoms with E-state index >= 15 is 0 Å². The second kappa shape index (κ2) is 9.44. The van der Waals surface area contributed by atoms with Gasteiger partial charge >= 0.3 is 0 Å². The smallest absolute Gasteiger partial charge is 0.291 e. The van der Waals surface area contributed by atoms with Gasteiger partial charge in [0.2, 0.25) is 17.7 Å². The van der Waals surface area contributed by atoms with Crippen molar-refractivity contribution in [2.24, 2.45) is 0 Å². The predicted octanol–water partition coefficient (Wildman–Crippen LogP) is 5.76. The van der Waals surface area contributed by atoms with Crippen LogP contribution in [-0.2, 0) is 9.59 Å². The van der Waals surface area contributed by atoms with Crippen LogP contribution in [0.5, 0.6) is 0 Å². The molecule has 0 spiro atoms. The van der Waals surface area contributed by atoms with Crippen molar-refractivity contribution in [1.29, 1.82) is 0 Å². The summed E-state index contributed by atoms with van der Waals surface area (Å²) in [6.45, 7) is 0. The minimum absolute atomic E-state index is 0.105. The number of rotatable bonds is 6. The van der Waals surface area contributed by atoms with Crippen molar-refractivity contribution in [3.63, 3.8) is 0 Å². The van der Waals surface area contributed by atoms with Crippen molar-refractivity contribution in [2.75, 3.05) is 10.2 Å². The van der Waals surface area contributed by atoms with Crippen molar-refractivity contribution in [2.45, 2.75) is 16.6 Å². The Labute approximate surface area is 215 Å². The number of imide groups is 1. The van der Waals surface area contributed by atoms with Crippen LogP contribution in [0.2, 0.25) is 0 Å². The maximum Gasteiger partial charge on any atom is 0.291 e. The second-order valence-corrected chi connectivity index (χ2v) is 9.64. The summed E-state index contributed by atoms with van der Waals surface area (Å²) in [7, 11) is 0. The number of para-hydroxylation sites is 2. The summed E-state index contributed by atoms with van der Waals surface area (Å²) in [6.07, 6.45) is 1.54. The van der Waals surface area contributed by atoms with E-state index in [2.05, 4.69) is 10.3 Å². The molecule has 1 saturated heterocycles. The van der Waals surface area contributed by atoms with E-state index in [1.807, 2.05) is 24.3 Å². The van der Waals surface area contributed by atoms with Gasteiger partial charge in [-0.25, -0.2) is 9.88 Å². The number of oxazole rings is 1. The quantitative estimate of drug-likeness (QED) is 0.290. The van der Waals surface area contributed by atoms with E-state index < -0.39 is 5.25 Å². The van der Waals surface area contributed by atoms with Crippen molar-refractivity contribution >= 4 is 52.0 Å². The molecule has 0 bridgehead atoms. The Balaban J connectivity index is 1.12. The Kier molecular flexibility index (Phi) is 5.82. The number of aromatic nitrogens is 1. The molecule has 0 aliphatic carbocycles. The molecule has 37 heavy (non-hydrogen) atoms. The number of anilines is 2. The number of hydrogen-bond acceptors (Lipinski definition) is 7. The third-order valence-electron chi connectivity index (χ3n) is 5.91. The fraction of sp³-hybridized carbons (Fsp3) is 0.0714. The van der Waals surface area contributed by atoms with Crippen LogP contribution in [0, 0.1) is 0 Å². The van der Waals surface area contributed by atoms with Crippen molar-refractivity contribution < 1.29 is 23.2 Å². The van der Waals surface area contributed by atoms with Gasteiger partial charge in [-0.3, -0.25) is 14.4 Å². The molecular formula is C28H19N3O5S. The molecule has 1 aliphatic rings. The maximum absolute atomic E-state index is 13.1. The number of carbonyl (C=O) groups is 3. The third-order valence-corrected chi connectivity index (χ3v) is 7.10. The lowest BCUT2D eigenvalue weighted by Gasteiger charge is -2.15. The predicted molar refractivity (Wildman–Crippen MR) is 139 cm³/mol. The van der Waals surface area contributed by atoms with E-state index in [4.69, 9.17) is 8.83 Å². The van der Waals surface area contributed by atoms with Crippen molar-refractivity contribution in [1.82, 2.24) is 4.98 Å². The monoisotopic (exact) mass is 509 g/mol. The molecule has 0 saturated carbocycles. The molecule has 1 unspecified atom stereocenters. The minimum Gasteiger partial charge on any atom is -0.459 e. The lowest BCUT2D eigenvalue weighted by molar-refractivity contribution is -0.121. The molecule has 5 aromatic rings. The highest BCUT2D eigenvalue weighted by Gasteiger charge is 2.40. The first-order valence-corrected chi connectivity index (χ1v) is 12.4. The number of thioether (sulfide) groups is 1. The number of amides is 3. The molecule has 8 nitrogen and oxygen atoms in total. The second-order valence-electron chi connectivity index (χ2n) is 8.37. The van der Waals surface area contributed by atoms with Gasteiger partial charge < -0.3 is 14.2 Å². The van der Waals surface area contributed by atoms with Gasteiger partial charge in [0.1, 0.15) is 5.52 Å². The highest BCUT2D eigenvalue weighted by atomic mass is 32.2. The number of nitrogens with zero attached hydrogens (tertiary/aromatic N) is 2. The largest absolute Gasteiger partial charge is 0.459 e. The summed E-state index contributed by atoms with van der Waals surface area (Å²) in [4.78, 5) is 44.5. The molecule has 2 aromatic heterocycles. The molecule has 0 radical (unpaired) electrons. The first-order valence-electron chi connectivity index (χ1n) is 11.5. The Morgan fingerprint density at radius 1 is 0.946 bits per heavy atom. The van der Waals surface area contributed by atoms with Gasteiger partial charge in [0.15, 0.2) is 11.3 Å². The summed E-state index contributed by atoms with van der Waals surface area (Å²) in [5.74, 6) is -0.168. The van der Waals surface area contributed by atoms with Crippen molar-refractivity contribution in [3.05, 3.63) is 97.0 Å². The Hall–Kier alpha value is -4.63. The minimum atomic E-state index is -0.534. The Bertz CT molecular complexity index is 1580. The van der Waals surface area contributed by atoms with E-state index in [1.165, 1.54) is 22.9 Å². The van der Waals surface area contributed by atoms with E-state index in [-0.39, 0.29) is 29.9 Å². The molecule has 1 fully saturated rings. The number of nitrogens with one attached hydrogen (secondary N) is 1. The van der Waals surface area contributed by atoms with E-state index in [1.54, 1.807) is 60.7 Å². The van der Waals surface area contributed by atoms with E-state index in [9.17, 15) is 14.4 Å². The normalized spacial score (nSPS) is 15.5. The fourth-order valence-corrected chi connectivity index (χ4v) is 5.15. The highest BCUT2D eigenvalue weighted by molar-refractivity contribution is 8.00. The zero-order valence-electron chi connectivity index (χ0n) is 19.3. The number of hydrogen-bond donors (Lipinski definition) is 1. The molecule has 9 heteroatoms. The first kappa shape index (κ1) is 22.8. The zero-order valence-corrected chi connectivity index (χ0v) is 20.1. The molecule has 1 N–H and O–H groups in total. The summed E-state index contributed by atoms with van der Waals surface area (Å²) in [5.41, 5.74) is 3.32. The molecule has 3 heterocycles. The molecule has 1 aliphatic heterocycles. The summed E-state index contributed by atoms with van der Waals surface area (Å²) < 4.78 is 10.9. The first-order chi connectivity index (χ1) is 18.0. The molecule has 6 rings (SSSR count). The molecule has 182 valence electrons. The SMILES string of the molecule is O=C(Nc1ccc(SC2CC(=O)N(c3ccc(-c4nc5ccccc5o4)cc3)C2=O)cc1)c1ccco1. The lowest BCUT2D eigenvalue weighted by atomic mass is 10.2. The van der Waals surface area contributed by atoms with Crippen LogP contribution in [0.3, 0.4) is 0 Å². The number of fused-ring (bicyclic) bond motifs is 1. The van der Waals surface area contributed by atoms with Crippen LogP contribution in [0.4, 0.5) is 11.4 Å². The lowest BCUT2D eigenvalue weighted by Crippen LogP contribution is -2.31. The fourth-order valence-electron chi connectivity index (χ4n) is 4.10. The molecule has 3 aromatic carbocycles. The summed E-state index contributed by atoms with van der Waals surface area (Å²) in [5, 5.41) is 2.22. The average molecular weight is 510 g/mol. The molecule has 1 atom stereocenters. The van der Waals surface area contributed by atoms with Crippen LogP contribution < -0.4 is 10.2 Å². The average Bonchev–Trinajstić information content (AvgIpc) is 3.65. The summed E-state index contributed by atoms with van der Waals surface area (Å²) in [6, 6.07) is 24.8. The summed E-state index contributed by atoms with van der Waals surface area (Å²) >= 11 is 1.32. The van der Waals surface area contributed by atoms with Gasteiger partial charge in [-0.05, 0) is 72.8 Å². The van der Waals surface area contributed by atoms with Gasteiger partial charge in [-0.15, -0.1) is 11.8 Å². The van der Waals surface area contributed by atoms with Gasteiger partial charge in [0, 0.05) is 22.6 Å². The van der Waals surface area contributed by atoms with Crippen LogP contribution >= 0.6 is 11.8 Å². The standard InChI is InChI=1S/C28H19N3O5S/c32-25-16-24(37-20-13-9-18(10-14-20)29-26(33)23-6-3-15-35-23)28(34)31(25)19-11-7-17(8-12-19)27-30-21-4-1-2-5-22(21)36-27/h1-15,24H,16H2,(H,29,33). The van der Waals surface area contributed by atoms with Crippen LogP contribution in [-0.4, -0.2) is 28.0 Å². The van der Waals surface area contributed by atoms with Gasteiger partial charge in [0.25, 0.3) is 5.91 Å².